The summed E-state index contributed by atoms with van der Waals surface area (Å²) >= 11 is 12.6. The molecule has 6 aromatic rings. The van der Waals surface area contributed by atoms with Crippen molar-refractivity contribution in [2.75, 3.05) is 0 Å². The van der Waals surface area contributed by atoms with Gasteiger partial charge in [-0.25, -0.2) is 4.79 Å². The van der Waals surface area contributed by atoms with E-state index < -0.39 is 5.97 Å². The Kier molecular flexibility index (Phi) is 6.18. The van der Waals surface area contributed by atoms with Gasteiger partial charge in [0.2, 0.25) is 0 Å². The van der Waals surface area contributed by atoms with Crippen molar-refractivity contribution in [3.05, 3.63) is 106 Å². The van der Waals surface area contributed by atoms with E-state index in [1.165, 1.54) is 10.9 Å². The van der Waals surface area contributed by atoms with E-state index in [9.17, 15) is 9.90 Å². The third-order valence-corrected chi connectivity index (χ3v) is 7.32. The predicted molar refractivity (Wildman–Crippen MR) is 148 cm³/mol. The van der Waals surface area contributed by atoms with Crippen LogP contribution in [0.5, 0.6) is 0 Å². The largest absolute Gasteiger partial charge is 0.478 e. The minimum Gasteiger partial charge on any atom is -0.478 e. The van der Waals surface area contributed by atoms with Crippen molar-refractivity contribution in [3.8, 4) is 11.5 Å². The molecule has 7 nitrogen and oxygen atoms in total. The molecule has 0 unspecified atom stereocenters. The maximum Gasteiger partial charge on any atom is 0.335 e. The van der Waals surface area contributed by atoms with Crippen LogP contribution in [0.3, 0.4) is 0 Å². The molecule has 0 aliphatic carbocycles. The zero-order valence-electron chi connectivity index (χ0n) is 20.4. The van der Waals surface area contributed by atoms with Gasteiger partial charge in [-0.15, -0.1) is 0 Å². The zero-order chi connectivity index (χ0) is 26.4. The number of carboxylic acid groups (broad SMARTS) is 1. The van der Waals surface area contributed by atoms with E-state index in [4.69, 9.17) is 27.7 Å². The van der Waals surface area contributed by atoms with Gasteiger partial charge in [-0.3, -0.25) is 0 Å². The van der Waals surface area contributed by atoms with E-state index in [2.05, 4.69) is 37.6 Å². The highest BCUT2D eigenvalue weighted by Crippen LogP contribution is 2.32. The van der Waals surface area contributed by atoms with Crippen LogP contribution in [0.1, 0.15) is 27.3 Å². The Morgan fingerprint density at radius 3 is 2.53 bits per heavy atom. The van der Waals surface area contributed by atoms with Gasteiger partial charge in [0.1, 0.15) is 0 Å². The molecular formula is C29H22Cl2N4O3. The molecule has 3 aromatic carbocycles. The number of hydrogen-bond acceptors (Lipinski definition) is 4. The van der Waals surface area contributed by atoms with Crippen LogP contribution in [0.2, 0.25) is 10.0 Å². The van der Waals surface area contributed by atoms with Crippen molar-refractivity contribution in [2.45, 2.75) is 26.4 Å². The smallest absolute Gasteiger partial charge is 0.335 e. The number of aromatic nitrogens is 4. The Balaban J connectivity index is 1.36. The highest BCUT2D eigenvalue weighted by atomic mass is 35.5. The van der Waals surface area contributed by atoms with Crippen LogP contribution < -0.4 is 0 Å². The number of benzene rings is 3. The second-order valence-corrected chi connectivity index (χ2v) is 10.0. The quantitative estimate of drug-likeness (QED) is 0.228. The lowest BCUT2D eigenvalue weighted by atomic mass is 10.1. The normalized spacial score (nSPS) is 11.6. The molecule has 0 atom stereocenters. The molecule has 0 amide bonds. The lowest BCUT2D eigenvalue weighted by Crippen LogP contribution is -2.01. The van der Waals surface area contributed by atoms with Gasteiger partial charge in [-0.1, -0.05) is 52.6 Å². The topological polar surface area (TPSA) is 86.1 Å². The Bertz CT molecular complexity index is 1830. The summed E-state index contributed by atoms with van der Waals surface area (Å²) < 4.78 is 9.74. The first-order valence-electron chi connectivity index (χ1n) is 12.0. The SMILES string of the molecule is Cc1noc(-c2cn(CCc3cn(Cc4ccc(Cl)cc4Cl)c4ccccc34)c3ccc(C(=O)O)cc23)n1. The molecule has 0 fully saturated rings. The highest BCUT2D eigenvalue weighted by molar-refractivity contribution is 6.35. The van der Waals surface area contributed by atoms with Crippen molar-refractivity contribution >= 4 is 51.0 Å². The van der Waals surface area contributed by atoms with Gasteiger partial charge in [-0.2, -0.15) is 4.98 Å². The maximum atomic E-state index is 11.6. The van der Waals surface area contributed by atoms with Crippen LogP contribution in [0.4, 0.5) is 0 Å². The zero-order valence-corrected chi connectivity index (χ0v) is 21.9. The summed E-state index contributed by atoms with van der Waals surface area (Å²) in [5, 5.41) is 16.6. The summed E-state index contributed by atoms with van der Waals surface area (Å²) in [4.78, 5) is 16.0. The van der Waals surface area contributed by atoms with Crippen LogP contribution in [-0.2, 0) is 19.5 Å². The van der Waals surface area contributed by atoms with Gasteiger partial charge in [0.15, 0.2) is 5.82 Å². The Labute approximate surface area is 227 Å². The predicted octanol–water partition coefficient (Wildman–Crippen LogP) is 7.25. The second-order valence-electron chi connectivity index (χ2n) is 9.21. The average molecular weight is 545 g/mol. The molecule has 3 aromatic heterocycles. The lowest BCUT2D eigenvalue weighted by Gasteiger charge is -2.08. The minimum atomic E-state index is -0.985. The maximum absolute atomic E-state index is 11.6. The molecule has 0 spiro atoms. The first kappa shape index (κ1) is 24.3. The van der Waals surface area contributed by atoms with Crippen molar-refractivity contribution in [1.29, 1.82) is 0 Å². The summed E-state index contributed by atoms with van der Waals surface area (Å²) in [6.07, 6.45) is 4.89. The average Bonchev–Trinajstić information content (AvgIpc) is 3.59. The fourth-order valence-electron chi connectivity index (χ4n) is 4.92. The second kappa shape index (κ2) is 9.67. The number of hydrogen-bond donors (Lipinski definition) is 1. The molecule has 0 bridgehead atoms. The van der Waals surface area contributed by atoms with E-state index in [1.54, 1.807) is 25.1 Å². The molecule has 0 aliphatic heterocycles. The Morgan fingerprint density at radius 2 is 1.76 bits per heavy atom. The van der Waals surface area contributed by atoms with E-state index in [1.807, 2.05) is 36.5 Å². The first-order chi connectivity index (χ1) is 18.4. The fourth-order valence-corrected chi connectivity index (χ4v) is 5.39. The van der Waals surface area contributed by atoms with Gasteiger partial charge < -0.3 is 18.8 Å². The summed E-state index contributed by atoms with van der Waals surface area (Å²) in [6, 6.07) is 19.0. The van der Waals surface area contributed by atoms with E-state index in [0.717, 1.165) is 28.4 Å². The number of aryl methyl sites for hydroxylation is 3. The summed E-state index contributed by atoms with van der Waals surface area (Å²) in [6.45, 7) is 3.05. The number of halogens is 2. The van der Waals surface area contributed by atoms with Gasteiger partial charge in [0.05, 0.1) is 11.1 Å². The van der Waals surface area contributed by atoms with Crippen molar-refractivity contribution in [1.82, 2.24) is 19.3 Å². The molecule has 1 N–H and O–H groups in total. The summed E-state index contributed by atoms with van der Waals surface area (Å²) in [7, 11) is 0. The summed E-state index contributed by atoms with van der Waals surface area (Å²) in [5.74, 6) is -0.102. The minimum absolute atomic E-state index is 0.205. The molecule has 0 radical (unpaired) electrons. The Morgan fingerprint density at radius 1 is 0.947 bits per heavy atom. The number of nitrogens with zero attached hydrogens (tertiary/aromatic N) is 4. The van der Waals surface area contributed by atoms with Gasteiger partial charge in [-0.05, 0) is 60.9 Å². The van der Waals surface area contributed by atoms with E-state index in [-0.39, 0.29) is 5.56 Å². The van der Waals surface area contributed by atoms with Crippen LogP contribution >= 0.6 is 23.2 Å². The van der Waals surface area contributed by atoms with E-state index >= 15 is 0 Å². The van der Waals surface area contributed by atoms with E-state index in [0.29, 0.717) is 40.4 Å². The number of fused-ring (bicyclic) bond motifs is 2. The number of carboxylic acids is 1. The van der Waals surface area contributed by atoms with Crippen LogP contribution in [0.15, 0.2) is 77.6 Å². The lowest BCUT2D eigenvalue weighted by molar-refractivity contribution is 0.0697. The highest BCUT2D eigenvalue weighted by Gasteiger charge is 2.18. The van der Waals surface area contributed by atoms with Crippen LogP contribution in [0.25, 0.3) is 33.3 Å². The number of para-hydroxylation sites is 1. The molecule has 190 valence electrons. The first-order valence-corrected chi connectivity index (χ1v) is 12.8. The molecule has 38 heavy (non-hydrogen) atoms. The van der Waals surface area contributed by atoms with Crippen molar-refractivity contribution < 1.29 is 14.4 Å². The molecule has 0 aliphatic rings. The van der Waals surface area contributed by atoms with Gasteiger partial charge in [0, 0.05) is 57.3 Å². The van der Waals surface area contributed by atoms with Crippen LogP contribution in [0, 0.1) is 6.92 Å². The molecule has 9 heteroatoms. The molecule has 0 saturated carbocycles. The van der Waals surface area contributed by atoms with Crippen molar-refractivity contribution in [2.24, 2.45) is 0 Å². The number of aromatic carboxylic acids is 1. The van der Waals surface area contributed by atoms with Crippen LogP contribution in [-0.4, -0.2) is 30.4 Å². The number of rotatable bonds is 7. The molecule has 6 rings (SSSR count). The fraction of sp³-hybridized carbons (Fsp3) is 0.138. The third kappa shape index (κ3) is 4.44. The third-order valence-electron chi connectivity index (χ3n) is 6.73. The molecule has 0 saturated heterocycles. The van der Waals surface area contributed by atoms with Gasteiger partial charge in [0.25, 0.3) is 5.89 Å². The van der Waals surface area contributed by atoms with Gasteiger partial charge >= 0.3 is 5.97 Å². The standard InChI is InChI=1S/C29H22Cl2N4O3/c1-17-32-28(38-33-17)24-16-34(27-9-7-18(29(36)37)12-23(24)27)11-10-19-14-35(26-5-3-2-4-22(19)26)15-20-6-8-21(30)13-25(20)31/h2-9,12-14,16H,10-11,15H2,1H3,(H,36,37). The van der Waals surface area contributed by atoms with Crippen molar-refractivity contribution in [3.63, 3.8) is 0 Å². The molecule has 3 heterocycles. The summed E-state index contributed by atoms with van der Waals surface area (Å²) in [5.41, 5.74) is 5.13. The molecular weight excluding hydrogens is 523 g/mol. The number of carbonyl (C=O) groups is 1. The monoisotopic (exact) mass is 544 g/mol. The Hall–Kier alpha value is -4.07.